The predicted molar refractivity (Wildman–Crippen MR) is 91.7 cm³/mol. The first-order valence-corrected chi connectivity index (χ1v) is 9.85. The van der Waals surface area contributed by atoms with Crippen LogP contribution in [0.1, 0.15) is 32.6 Å². The number of rotatable bonds is 9. The molecule has 2 unspecified atom stereocenters. The second-order valence-corrected chi connectivity index (χ2v) is 7.73. The van der Waals surface area contributed by atoms with Gasteiger partial charge in [0.2, 0.25) is 0 Å². The van der Waals surface area contributed by atoms with Crippen molar-refractivity contribution in [3.8, 4) is 11.5 Å². The Morgan fingerprint density at radius 1 is 1.39 bits per heavy atom. The summed E-state index contributed by atoms with van der Waals surface area (Å²) in [6.07, 6.45) is 2.21. The van der Waals surface area contributed by atoms with Crippen LogP contribution in [0.15, 0.2) is 10.8 Å². The molecule has 1 aromatic rings. The van der Waals surface area contributed by atoms with Crippen LogP contribution in [0.2, 0.25) is 0 Å². The van der Waals surface area contributed by atoms with Crippen LogP contribution in [0, 0.1) is 0 Å². The fourth-order valence-corrected chi connectivity index (χ4v) is 3.78. The summed E-state index contributed by atoms with van der Waals surface area (Å²) in [4.78, 5) is 0. The molecule has 0 fully saturated rings. The van der Waals surface area contributed by atoms with Crippen LogP contribution in [0.5, 0.6) is 11.5 Å². The molecule has 0 bridgehead atoms. The van der Waals surface area contributed by atoms with Gasteiger partial charge in [-0.05, 0) is 12.8 Å². The van der Waals surface area contributed by atoms with Crippen molar-refractivity contribution >= 4 is 51.0 Å². The van der Waals surface area contributed by atoms with E-state index < -0.39 is 15.4 Å². The van der Waals surface area contributed by atoms with Crippen molar-refractivity contribution in [1.29, 1.82) is 0 Å². The Morgan fingerprint density at radius 3 is 2.83 bits per heavy atom. The number of fused-ring (bicyclic) bond motifs is 1. The third-order valence-electron chi connectivity index (χ3n) is 3.50. The molecule has 0 saturated heterocycles. The molecule has 9 heteroatoms. The topological polar surface area (TPSA) is 82.1 Å². The average molecular weight is 374 g/mol. The Hall–Kier alpha value is 0.170. The molecule has 2 atom stereocenters. The molecular weight excluding hydrogens is 351 g/mol. The first-order valence-electron chi connectivity index (χ1n) is 7.40. The molecule has 1 N–H and O–H groups in total. The van der Waals surface area contributed by atoms with Gasteiger partial charge in [0, 0.05) is 17.4 Å². The van der Waals surface area contributed by atoms with Crippen molar-refractivity contribution in [2.75, 3.05) is 19.8 Å². The molecule has 0 radical (unpaired) electrons. The fraction of sp³-hybridized carbons (Fsp3) is 0.714. The van der Waals surface area contributed by atoms with Crippen molar-refractivity contribution in [2.24, 2.45) is 0 Å². The van der Waals surface area contributed by atoms with Gasteiger partial charge in [0.25, 0.3) is 10.1 Å². The van der Waals surface area contributed by atoms with E-state index in [1.54, 1.807) is 0 Å². The first-order chi connectivity index (χ1) is 10.5. The number of unbranched alkanes of at least 4 members (excludes halogenated alkanes) is 1. The van der Waals surface area contributed by atoms with Gasteiger partial charge in [-0.1, -0.05) is 19.8 Å². The molecule has 0 aliphatic carbocycles. The van der Waals surface area contributed by atoms with Gasteiger partial charge in [-0.15, -0.1) is 11.3 Å². The van der Waals surface area contributed by atoms with Crippen LogP contribution < -0.4 is 9.47 Å². The second kappa shape index (κ2) is 10.2. The molecular formula is C14H23NaO6S2. The molecule has 6 nitrogen and oxygen atoms in total. The van der Waals surface area contributed by atoms with Gasteiger partial charge < -0.3 is 14.2 Å². The standard InChI is InChI=1S/C14H22O6S2.Na.H/c1-2-3-4-12(22(15,16)17)5-6-18-7-11-8-19-13-9-21-10-14(13)20-11;;/h9-12H,2-8H2,1H3,(H,15,16,17);;. The molecule has 1 aliphatic heterocycles. The SMILES string of the molecule is CCCCC(CCOCC1COc2cscc2O1)S(=O)(=O)O.[NaH]. The van der Waals surface area contributed by atoms with Crippen molar-refractivity contribution < 1.29 is 27.2 Å². The van der Waals surface area contributed by atoms with Gasteiger partial charge in [0.1, 0.15) is 6.61 Å². The van der Waals surface area contributed by atoms with E-state index in [0.29, 0.717) is 19.6 Å². The van der Waals surface area contributed by atoms with Crippen LogP contribution in [-0.2, 0) is 14.9 Å². The summed E-state index contributed by atoms with van der Waals surface area (Å²) >= 11 is 1.51. The van der Waals surface area contributed by atoms with E-state index in [2.05, 4.69) is 0 Å². The monoisotopic (exact) mass is 374 g/mol. The van der Waals surface area contributed by atoms with Crippen molar-refractivity contribution in [1.82, 2.24) is 0 Å². The number of thiophene rings is 1. The van der Waals surface area contributed by atoms with E-state index in [0.717, 1.165) is 24.3 Å². The quantitative estimate of drug-likeness (QED) is 0.405. The van der Waals surface area contributed by atoms with Crippen LogP contribution in [0.3, 0.4) is 0 Å². The van der Waals surface area contributed by atoms with E-state index >= 15 is 0 Å². The molecule has 1 aromatic heterocycles. The maximum atomic E-state index is 11.3. The van der Waals surface area contributed by atoms with E-state index in [1.807, 2.05) is 17.7 Å². The predicted octanol–water partition coefficient (Wildman–Crippen LogP) is 2.09. The summed E-state index contributed by atoms with van der Waals surface area (Å²) < 4.78 is 48.5. The third-order valence-corrected chi connectivity index (χ3v) is 5.51. The zero-order chi connectivity index (χ0) is 16.0. The number of hydrogen-bond donors (Lipinski definition) is 1. The Labute approximate surface area is 163 Å². The Balaban J connectivity index is 0.00000264. The van der Waals surface area contributed by atoms with Gasteiger partial charge >= 0.3 is 29.6 Å². The van der Waals surface area contributed by atoms with Crippen LogP contribution in [0.25, 0.3) is 0 Å². The van der Waals surface area contributed by atoms with Gasteiger partial charge in [-0.3, -0.25) is 4.55 Å². The molecule has 128 valence electrons. The summed E-state index contributed by atoms with van der Waals surface area (Å²) in [6, 6.07) is 0. The Morgan fingerprint density at radius 2 is 2.13 bits per heavy atom. The molecule has 0 aromatic carbocycles. The summed E-state index contributed by atoms with van der Waals surface area (Å²) in [5.74, 6) is 1.48. The number of ether oxygens (including phenoxy) is 3. The maximum absolute atomic E-state index is 11.3. The molecule has 2 heterocycles. The minimum absolute atomic E-state index is 0. The molecule has 2 rings (SSSR count). The van der Waals surface area contributed by atoms with Gasteiger partial charge in [-0.25, -0.2) is 0 Å². The third kappa shape index (κ3) is 6.89. The van der Waals surface area contributed by atoms with E-state index in [9.17, 15) is 13.0 Å². The van der Waals surface area contributed by atoms with E-state index in [4.69, 9.17) is 14.2 Å². The van der Waals surface area contributed by atoms with Crippen molar-refractivity contribution in [3.05, 3.63) is 10.8 Å². The van der Waals surface area contributed by atoms with E-state index in [1.165, 1.54) is 11.3 Å². The summed E-state index contributed by atoms with van der Waals surface area (Å²) in [7, 11) is -4.01. The second-order valence-electron chi connectivity index (χ2n) is 5.29. The van der Waals surface area contributed by atoms with E-state index in [-0.39, 0.29) is 48.7 Å². The van der Waals surface area contributed by atoms with Gasteiger partial charge in [0.15, 0.2) is 17.6 Å². The summed E-state index contributed by atoms with van der Waals surface area (Å²) in [5, 5.41) is 3.01. The zero-order valence-electron chi connectivity index (χ0n) is 12.6. The Kier molecular flexibility index (Phi) is 9.43. The minimum atomic E-state index is -4.01. The Bertz CT molecular complexity index is 559. The van der Waals surface area contributed by atoms with Gasteiger partial charge in [0.05, 0.1) is 11.9 Å². The average Bonchev–Trinajstić information content (AvgIpc) is 2.92. The fourth-order valence-electron chi connectivity index (χ4n) is 2.25. The zero-order valence-corrected chi connectivity index (χ0v) is 14.2. The van der Waals surface area contributed by atoms with Crippen molar-refractivity contribution in [2.45, 2.75) is 44.0 Å². The van der Waals surface area contributed by atoms with Crippen molar-refractivity contribution in [3.63, 3.8) is 0 Å². The van der Waals surface area contributed by atoms with Crippen LogP contribution in [0.4, 0.5) is 0 Å². The van der Waals surface area contributed by atoms with Crippen LogP contribution in [-0.4, -0.2) is 73.7 Å². The molecule has 23 heavy (non-hydrogen) atoms. The summed E-state index contributed by atoms with van der Waals surface area (Å²) in [6.45, 7) is 3.00. The molecule has 0 spiro atoms. The normalized spacial score (nSPS) is 18.3. The molecule has 1 aliphatic rings. The van der Waals surface area contributed by atoms with Gasteiger partial charge in [-0.2, -0.15) is 8.42 Å². The molecule has 0 amide bonds. The first kappa shape index (κ1) is 21.2. The van der Waals surface area contributed by atoms with Crippen LogP contribution >= 0.6 is 11.3 Å². The number of hydrogen-bond acceptors (Lipinski definition) is 6. The summed E-state index contributed by atoms with van der Waals surface area (Å²) in [5.41, 5.74) is 0. The molecule has 0 saturated carbocycles.